The summed E-state index contributed by atoms with van der Waals surface area (Å²) >= 11 is 0. The lowest BCUT2D eigenvalue weighted by atomic mass is 10.1. The van der Waals surface area contributed by atoms with Crippen molar-refractivity contribution >= 4 is 16.6 Å². The molecule has 0 fully saturated rings. The van der Waals surface area contributed by atoms with E-state index in [1.54, 1.807) is 4.57 Å². The van der Waals surface area contributed by atoms with E-state index in [1.165, 1.54) is 5.56 Å². The fourth-order valence-electron chi connectivity index (χ4n) is 3.60. The molecule has 3 aromatic rings. The quantitative estimate of drug-likeness (QED) is 0.400. The molecule has 160 valence electrons. The summed E-state index contributed by atoms with van der Waals surface area (Å²) < 4.78 is 7.46. The van der Waals surface area contributed by atoms with Crippen molar-refractivity contribution in [2.24, 2.45) is 0 Å². The molecule has 1 heterocycles. The first kappa shape index (κ1) is 21.8. The number of unbranched alkanes of at least 4 members (excludes halogenated alkanes) is 3. The number of anilines is 1. The van der Waals surface area contributed by atoms with Crippen molar-refractivity contribution in [1.82, 2.24) is 4.57 Å². The smallest absolute Gasteiger partial charge is 0.297 e. The molecule has 0 saturated heterocycles. The molecule has 0 aliphatic carbocycles. The number of hydrogen-bond acceptors (Lipinski definition) is 4. The van der Waals surface area contributed by atoms with Crippen molar-refractivity contribution in [3.63, 3.8) is 0 Å². The number of benzene rings is 2. The maximum absolute atomic E-state index is 13.1. The minimum absolute atomic E-state index is 0.0625. The highest BCUT2D eigenvalue weighted by Gasteiger charge is 2.18. The maximum atomic E-state index is 13.1. The molecule has 0 saturated carbocycles. The molecule has 5 nitrogen and oxygen atoms in total. The summed E-state index contributed by atoms with van der Waals surface area (Å²) in [6, 6.07) is 15.9. The Bertz CT molecular complexity index is 1010. The van der Waals surface area contributed by atoms with Crippen molar-refractivity contribution in [2.45, 2.75) is 59.0 Å². The summed E-state index contributed by atoms with van der Waals surface area (Å²) in [4.78, 5) is 13.1. The highest BCUT2D eigenvalue weighted by atomic mass is 16.5. The Labute approximate surface area is 178 Å². The number of fused-ring (bicyclic) bond motifs is 1. The second kappa shape index (κ2) is 10.7. The van der Waals surface area contributed by atoms with Crippen LogP contribution in [0.5, 0.6) is 11.5 Å². The predicted octanol–water partition coefficient (Wildman–Crippen LogP) is 5.69. The van der Waals surface area contributed by atoms with Gasteiger partial charge in [-0.3, -0.25) is 4.79 Å². The Morgan fingerprint density at radius 3 is 2.53 bits per heavy atom. The van der Waals surface area contributed by atoms with E-state index >= 15 is 0 Å². The van der Waals surface area contributed by atoms with E-state index < -0.39 is 0 Å². The van der Waals surface area contributed by atoms with Crippen LogP contribution in [0.1, 0.15) is 51.5 Å². The lowest BCUT2D eigenvalue weighted by Gasteiger charge is -2.16. The third-order valence-electron chi connectivity index (χ3n) is 5.23. The van der Waals surface area contributed by atoms with Crippen LogP contribution >= 0.6 is 0 Å². The molecule has 2 aromatic carbocycles. The van der Waals surface area contributed by atoms with Crippen LogP contribution in [0.15, 0.2) is 53.3 Å². The standard InChI is InChI=1S/C25H32N2O3/c1-3-5-6-10-16-30-24-23(28)21-14-13-20(26-18-19-11-8-7-9-12-19)17-22(21)27(15-4-2)25(24)29/h7-9,11-14,17,26,28H,3-6,10,15-16,18H2,1-2H3. The molecule has 1 aromatic heterocycles. The van der Waals surface area contributed by atoms with Crippen molar-refractivity contribution in [1.29, 1.82) is 0 Å². The van der Waals surface area contributed by atoms with Crippen LogP contribution in [0.2, 0.25) is 0 Å². The van der Waals surface area contributed by atoms with Crippen molar-refractivity contribution in [3.8, 4) is 11.5 Å². The van der Waals surface area contributed by atoms with Crippen molar-refractivity contribution in [3.05, 3.63) is 64.4 Å². The molecular formula is C25H32N2O3. The van der Waals surface area contributed by atoms with Crippen LogP contribution in [-0.4, -0.2) is 16.3 Å². The second-order valence-electron chi connectivity index (χ2n) is 7.61. The molecule has 0 unspecified atom stereocenters. The fourth-order valence-corrected chi connectivity index (χ4v) is 3.60. The van der Waals surface area contributed by atoms with Crippen LogP contribution < -0.4 is 15.6 Å². The third-order valence-corrected chi connectivity index (χ3v) is 5.23. The number of nitrogens with zero attached hydrogens (tertiary/aromatic N) is 1. The van der Waals surface area contributed by atoms with Gasteiger partial charge in [0, 0.05) is 24.2 Å². The van der Waals surface area contributed by atoms with Gasteiger partial charge in [-0.1, -0.05) is 63.4 Å². The molecule has 0 bridgehead atoms. The van der Waals surface area contributed by atoms with Gasteiger partial charge in [0.15, 0.2) is 5.75 Å². The van der Waals surface area contributed by atoms with Crippen molar-refractivity contribution < 1.29 is 9.84 Å². The summed E-state index contributed by atoms with van der Waals surface area (Å²) in [5.41, 5.74) is 2.54. The molecule has 0 aliphatic rings. The van der Waals surface area contributed by atoms with Gasteiger partial charge in [-0.15, -0.1) is 0 Å². The van der Waals surface area contributed by atoms with Crippen LogP contribution in [0.4, 0.5) is 5.69 Å². The average molecular weight is 409 g/mol. The van der Waals surface area contributed by atoms with E-state index in [4.69, 9.17) is 4.74 Å². The largest absolute Gasteiger partial charge is 0.504 e. The summed E-state index contributed by atoms with van der Waals surface area (Å²) in [5, 5.41) is 14.8. The Morgan fingerprint density at radius 1 is 1.00 bits per heavy atom. The molecule has 2 N–H and O–H groups in total. The lowest BCUT2D eigenvalue weighted by molar-refractivity contribution is 0.284. The topological polar surface area (TPSA) is 63.5 Å². The number of ether oxygens (including phenoxy) is 1. The van der Waals surface area contributed by atoms with Crippen molar-refractivity contribution in [2.75, 3.05) is 11.9 Å². The van der Waals surface area contributed by atoms with Crippen LogP contribution in [-0.2, 0) is 13.1 Å². The number of hydrogen-bond donors (Lipinski definition) is 2. The monoisotopic (exact) mass is 408 g/mol. The summed E-state index contributed by atoms with van der Waals surface area (Å²) in [5.74, 6) is 0.00453. The van der Waals surface area contributed by atoms with E-state index in [-0.39, 0.29) is 17.1 Å². The van der Waals surface area contributed by atoms with E-state index in [0.29, 0.717) is 25.1 Å². The minimum atomic E-state index is -0.266. The number of pyridine rings is 1. The highest BCUT2D eigenvalue weighted by Crippen LogP contribution is 2.33. The van der Waals surface area contributed by atoms with Crippen LogP contribution in [0.25, 0.3) is 10.9 Å². The molecule has 0 amide bonds. The zero-order chi connectivity index (χ0) is 21.3. The molecule has 0 atom stereocenters. The number of aryl methyl sites for hydroxylation is 1. The molecule has 5 heteroatoms. The average Bonchev–Trinajstić information content (AvgIpc) is 2.77. The number of aromatic hydroxyl groups is 1. The predicted molar refractivity (Wildman–Crippen MR) is 124 cm³/mol. The molecule has 0 radical (unpaired) electrons. The van der Waals surface area contributed by atoms with Gasteiger partial charge in [-0.25, -0.2) is 0 Å². The SMILES string of the molecule is CCCCCCOc1c(O)c2ccc(NCc3ccccc3)cc2n(CCC)c1=O. The molecule has 0 aliphatic heterocycles. The van der Waals surface area contributed by atoms with Gasteiger partial charge in [-0.2, -0.15) is 0 Å². The number of nitrogens with one attached hydrogen (secondary N) is 1. The lowest BCUT2D eigenvalue weighted by Crippen LogP contribution is -2.23. The first-order valence-corrected chi connectivity index (χ1v) is 11.0. The number of aromatic nitrogens is 1. The molecular weight excluding hydrogens is 376 g/mol. The first-order chi connectivity index (χ1) is 14.7. The Hall–Kier alpha value is -2.95. The van der Waals surface area contributed by atoms with Gasteiger partial charge in [-0.05, 0) is 36.6 Å². The van der Waals surface area contributed by atoms with Gasteiger partial charge in [0.1, 0.15) is 0 Å². The fraction of sp³-hybridized carbons (Fsp3) is 0.400. The summed E-state index contributed by atoms with van der Waals surface area (Å²) in [7, 11) is 0. The summed E-state index contributed by atoms with van der Waals surface area (Å²) in [6.45, 7) is 5.90. The third kappa shape index (κ3) is 5.15. The number of rotatable bonds is 11. The zero-order valence-corrected chi connectivity index (χ0v) is 18.0. The van der Waals surface area contributed by atoms with Crippen LogP contribution in [0.3, 0.4) is 0 Å². The minimum Gasteiger partial charge on any atom is -0.504 e. The Kier molecular flexibility index (Phi) is 7.77. The van der Waals surface area contributed by atoms with E-state index in [0.717, 1.165) is 43.3 Å². The molecule has 30 heavy (non-hydrogen) atoms. The maximum Gasteiger partial charge on any atom is 0.297 e. The highest BCUT2D eigenvalue weighted by molar-refractivity contribution is 5.90. The van der Waals surface area contributed by atoms with Gasteiger partial charge in [0.25, 0.3) is 5.56 Å². The van der Waals surface area contributed by atoms with Gasteiger partial charge < -0.3 is 19.7 Å². The normalized spacial score (nSPS) is 11.0. The Balaban J connectivity index is 1.89. The molecule has 0 spiro atoms. The zero-order valence-electron chi connectivity index (χ0n) is 18.0. The van der Waals surface area contributed by atoms with Crippen LogP contribution in [0, 0.1) is 0 Å². The Morgan fingerprint density at radius 2 is 1.80 bits per heavy atom. The van der Waals surface area contributed by atoms with E-state index in [9.17, 15) is 9.90 Å². The van der Waals surface area contributed by atoms with Gasteiger partial charge in [0.2, 0.25) is 5.75 Å². The van der Waals surface area contributed by atoms with E-state index in [2.05, 4.69) is 24.4 Å². The summed E-state index contributed by atoms with van der Waals surface area (Å²) in [6.07, 6.45) is 5.04. The first-order valence-electron chi connectivity index (χ1n) is 11.0. The van der Waals surface area contributed by atoms with Gasteiger partial charge >= 0.3 is 0 Å². The molecule has 3 rings (SSSR count). The second-order valence-corrected chi connectivity index (χ2v) is 7.61. The van der Waals surface area contributed by atoms with E-state index in [1.807, 2.05) is 43.3 Å². The van der Waals surface area contributed by atoms with Gasteiger partial charge in [0.05, 0.1) is 12.1 Å².